The van der Waals surface area contributed by atoms with Gasteiger partial charge in [0.15, 0.2) is 0 Å². The summed E-state index contributed by atoms with van der Waals surface area (Å²) in [4.78, 5) is 27.4. The topological polar surface area (TPSA) is 57.0 Å². The molecule has 0 saturated heterocycles. The minimum absolute atomic E-state index is 0.261. The van der Waals surface area contributed by atoms with Gasteiger partial charge in [-0.2, -0.15) is 0 Å². The van der Waals surface area contributed by atoms with Crippen molar-refractivity contribution in [1.29, 1.82) is 0 Å². The van der Waals surface area contributed by atoms with Gasteiger partial charge in [0, 0.05) is 20.3 Å². The second-order valence-corrected chi connectivity index (χ2v) is 9.88. The molecule has 27 heavy (non-hydrogen) atoms. The van der Waals surface area contributed by atoms with Crippen molar-refractivity contribution in [3.63, 3.8) is 0 Å². The summed E-state index contributed by atoms with van der Waals surface area (Å²) in [7, 11) is 2.65. The molecule has 0 bridgehead atoms. The molecule has 0 N–H and O–H groups in total. The summed E-state index contributed by atoms with van der Waals surface area (Å²) in [5.41, 5.74) is 2.92. The van der Waals surface area contributed by atoms with Crippen molar-refractivity contribution in [3.05, 3.63) is 29.3 Å². The van der Waals surface area contributed by atoms with Gasteiger partial charge in [0.05, 0.1) is 30.8 Å². The fourth-order valence-electron chi connectivity index (χ4n) is 3.22. The highest BCUT2D eigenvalue weighted by atomic mass is 32.2. The quantitative estimate of drug-likeness (QED) is 0.420. The zero-order valence-electron chi connectivity index (χ0n) is 16.3. The molecule has 3 aromatic rings. The first-order chi connectivity index (χ1) is 12.8. The zero-order valence-corrected chi connectivity index (χ0v) is 17.9. The first kappa shape index (κ1) is 19.9. The highest BCUT2D eigenvalue weighted by Gasteiger charge is 2.33. The summed E-state index contributed by atoms with van der Waals surface area (Å²) in [6.07, 6.45) is 0. The summed E-state index contributed by atoms with van der Waals surface area (Å²) < 4.78 is 12.0. The third-order valence-electron chi connectivity index (χ3n) is 4.10. The van der Waals surface area contributed by atoms with Gasteiger partial charge in [-0.05, 0) is 12.1 Å². The molecule has 3 rings (SSSR count). The predicted octanol–water partition coefficient (Wildman–Crippen LogP) is 5.10. The molecule has 0 saturated carbocycles. The molecule has 0 aromatic carbocycles. The van der Waals surface area contributed by atoms with E-state index in [-0.39, 0.29) is 11.1 Å². The van der Waals surface area contributed by atoms with Gasteiger partial charge in [-0.1, -0.05) is 33.8 Å². The summed E-state index contributed by atoms with van der Waals surface area (Å²) >= 11 is 3.46. The van der Waals surface area contributed by atoms with Gasteiger partial charge in [-0.3, -0.25) is 0 Å². The smallest absolute Gasteiger partial charge is 0.341 e. The van der Waals surface area contributed by atoms with Crippen molar-refractivity contribution in [2.24, 2.45) is 0 Å². The normalized spacial score (nSPS) is 11.9. The Kier molecular flexibility index (Phi) is 5.63. The predicted molar refractivity (Wildman–Crippen MR) is 111 cm³/mol. The number of carbonyl (C=O) groups is 2. The van der Waals surface area contributed by atoms with E-state index in [1.807, 2.05) is 22.6 Å². The third kappa shape index (κ3) is 3.27. The molecular weight excluding hydrogens is 382 g/mol. The first-order valence-electron chi connectivity index (χ1n) is 8.74. The Balaban J connectivity index is 2.51. The maximum absolute atomic E-state index is 12.7. The summed E-state index contributed by atoms with van der Waals surface area (Å²) in [6.45, 7) is 8.51. The first-order valence-corrected chi connectivity index (χ1v) is 10.5. The minimum Gasteiger partial charge on any atom is -0.465 e. The number of thioether (sulfide) groups is 2. The van der Waals surface area contributed by atoms with Crippen LogP contribution in [0.2, 0.25) is 0 Å². The minimum atomic E-state index is -0.537. The Bertz CT molecular complexity index is 1010. The summed E-state index contributed by atoms with van der Waals surface area (Å²) in [5.74, 6) is -1.07. The Labute approximate surface area is 167 Å². The lowest BCUT2D eigenvalue weighted by atomic mass is 10.1. The number of rotatable bonds is 6. The van der Waals surface area contributed by atoms with E-state index in [0.717, 1.165) is 20.8 Å². The van der Waals surface area contributed by atoms with Crippen LogP contribution in [0.15, 0.2) is 28.0 Å². The van der Waals surface area contributed by atoms with Crippen molar-refractivity contribution in [2.45, 2.75) is 48.0 Å². The largest absolute Gasteiger partial charge is 0.465 e. The van der Waals surface area contributed by atoms with E-state index in [9.17, 15) is 9.59 Å². The molecule has 0 unspecified atom stereocenters. The molecule has 0 radical (unpaired) electrons. The van der Waals surface area contributed by atoms with Crippen LogP contribution >= 0.6 is 23.5 Å². The highest BCUT2D eigenvalue weighted by Crippen LogP contribution is 2.47. The lowest BCUT2D eigenvalue weighted by Crippen LogP contribution is -2.10. The van der Waals surface area contributed by atoms with Gasteiger partial charge in [0.1, 0.15) is 11.1 Å². The lowest BCUT2D eigenvalue weighted by molar-refractivity contribution is 0.0559. The van der Waals surface area contributed by atoms with Gasteiger partial charge in [0.2, 0.25) is 0 Å². The number of hydrogen-bond donors (Lipinski definition) is 0. The lowest BCUT2D eigenvalue weighted by Gasteiger charge is -2.11. The molecule has 0 atom stereocenters. The van der Waals surface area contributed by atoms with Crippen molar-refractivity contribution >= 4 is 52.0 Å². The van der Waals surface area contributed by atoms with Gasteiger partial charge in [0.25, 0.3) is 0 Å². The molecule has 0 spiro atoms. The average molecular weight is 406 g/mol. The number of esters is 2. The standard InChI is InChI=1S/C20H23NO4S2/c1-10(2)26-17-13-9-7-8-12-14(19(22)24-5)15(20(23)25-6)16(21(12)13)18(17)27-11(3)4/h7-11H,1-6H3. The van der Waals surface area contributed by atoms with Crippen LogP contribution in [0.3, 0.4) is 0 Å². The summed E-state index contributed by atoms with van der Waals surface area (Å²) in [6, 6.07) is 5.77. The molecule has 7 heteroatoms. The molecule has 0 aliphatic heterocycles. The Morgan fingerprint density at radius 2 is 1.37 bits per heavy atom. The van der Waals surface area contributed by atoms with E-state index in [1.165, 1.54) is 14.2 Å². The maximum atomic E-state index is 12.7. The number of methoxy groups -OCH3 is 2. The van der Waals surface area contributed by atoms with E-state index in [1.54, 1.807) is 23.5 Å². The molecule has 144 valence electrons. The Hall–Kier alpha value is -1.86. The van der Waals surface area contributed by atoms with Crippen LogP contribution in [-0.4, -0.2) is 41.1 Å². The number of pyridine rings is 1. The van der Waals surface area contributed by atoms with Crippen LogP contribution in [0, 0.1) is 0 Å². The number of nitrogens with zero attached hydrogens (tertiary/aromatic N) is 1. The Morgan fingerprint density at radius 3 is 1.93 bits per heavy atom. The van der Waals surface area contributed by atoms with E-state index < -0.39 is 11.9 Å². The fraction of sp³-hybridized carbons (Fsp3) is 0.400. The van der Waals surface area contributed by atoms with E-state index in [4.69, 9.17) is 9.47 Å². The molecule has 3 heterocycles. The van der Waals surface area contributed by atoms with E-state index in [0.29, 0.717) is 16.0 Å². The maximum Gasteiger partial charge on any atom is 0.341 e. The Morgan fingerprint density at radius 1 is 0.852 bits per heavy atom. The summed E-state index contributed by atoms with van der Waals surface area (Å²) in [5, 5.41) is 0.693. The molecule has 5 nitrogen and oxygen atoms in total. The van der Waals surface area contributed by atoms with Gasteiger partial charge in [-0.15, -0.1) is 23.5 Å². The molecular formula is C20H23NO4S2. The second kappa shape index (κ2) is 7.64. The molecule has 3 aromatic heterocycles. The van der Waals surface area contributed by atoms with Gasteiger partial charge in [-0.25, -0.2) is 9.59 Å². The fourth-order valence-corrected chi connectivity index (χ4v) is 5.46. The molecule has 0 aliphatic rings. The van der Waals surface area contributed by atoms with Crippen molar-refractivity contribution in [2.75, 3.05) is 14.2 Å². The van der Waals surface area contributed by atoms with Crippen LogP contribution in [0.5, 0.6) is 0 Å². The number of aromatic nitrogens is 1. The van der Waals surface area contributed by atoms with Crippen molar-refractivity contribution < 1.29 is 19.1 Å². The van der Waals surface area contributed by atoms with Crippen molar-refractivity contribution in [3.8, 4) is 0 Å². The van der Waals surface area contributed by atoms with Crippen LogP contribution in [0.1, 0.15) is 48.4 Å². The highest BCUT2D eigenvalue weighted by molar-refractivity contribution is 8.03. The van der Waals surface area contributed by atoms with Gasteiger partial charge >= 0.3 is 11.9 Å². The number of ether oxygens (including phenoxy) is 2. The van der Waals surface area contributed by atoms with Gasteiger partial charge < -0.3 is 13.9 Å². The number of hydrogen-bond acceptors (Lipinski definition) is 6. The van der Waals surface area contributed by atoms with E-state index in [2.05, 4.69) is 27.7 Å². The molecule has 0 aliphatic carbocycles. The van der Waals surface area contributed by atoms with E-state index >= 15 is 0 Å². The molecule has 0 amide bonds. The number of carbonyl (C=O) groups excluding carboxylic acids is 2. The van der Waals surface area contributed by atoms with Crippen LogP contribution in [0.4, 0.5) is 0 Å². The zero-order chi connectivity index (χ0) is 19.9. The van der Waals surface area contributed by atoms with Crippen LogP contribution < -0.4 is 0 Å². The monoisotopic (exact) mass is 405 g/mol. The van der Waals surface area contributed by atoms with Crippen LogP contribution in [-0.2, 0) is 9.47 Å². The third-order valence-corrected chi connectivity index (χ3v) is 6.45. The molecule has 0 fully saturated rings. The van der Waals surface area contributed by atoms with Crippen LogP contribution in [0.25, 0.3) is 16.6 Å². The SMILES string of the molecule is COC(=O)c1c(C(=O)OC)c2c(SC(C)C)c(SC(C)C)c3cccc1n32. The van der Waals surface area contributed by atoms with Crippen molar-refractivity contribution in [1.82, 2.24) is 4.40 Å². The second-order valence-electron chi connectivity index (χ2n) is 6.70. The average Bonchev–Trinajstić information content (AvgIpc) is 3.11.